The van der Waals surface area contributed by atoms with Gasteiger partial charge in [0.15, 0.2) is 0 Å². The van der Waals surface area contributed by atoms with Crippen molar-refractivity contribution < 1.29 is 19.0 Å². The normalized spacial score (nSPS) is 18.9. The number of hydrogen-bond acceptors (Lipinski definition) is 6. The van der Waals surface area contributed by atoms with Gasteiger partial charge in [0.25, 0.3) is 11.8 Å². The molecule has 1 aromatic heterocycles. The molecule has 1 heterocycles. The molecule has 1 aliphatic rings. The molecule has 1 aromatic carbocycles. The van der Waals surface area contributed by atoms with E-state index in [1.54, 1.807) is 26.6 Å². The quantitative estimate of drug-likeness (QED) is 0.752. The summed E-state index contributed by atoms with van der Waals surface area (Å²) in [5.41, 5.74) is 1.13. The highest BCUT2D eigenvalue weighted by molar-refractivity contribution is 5.76. The Morgan fingerprint density at radius 2 is 1.68 bits per heavy atom. The third-order valence-corrected chi connectivity index (χ3v) is 4.94. The lowest BCUT2D eigenvalue weighted by molar-refractivity contribution is -0.122. The summed E-state index contributed by atoms with van der Waals surface area (Å²) in [4.78, 5) is 20.5. The van der Waals surface area contributed by atoms with Crippen LogP contribution in [0.5, 0.6) is 17.5 Å². The Bertz CT molecular complexity index is 759. The van der Waals surface area contributed by atoms with Crippen LogP contribution in [-0.4, -0.2) is 42.2 Å². The van der Waals surface area contributed by atoms with Crippen LogP contribution in [0.2, 0.25) is 0 Å². The smallest absolute Gasteiger partial charge is 0.278 e. The van der Waals surface area contributed by atoms with E-state index in [0.717, 1.165) is 43.4 Å². The largest absolute Gasteiger partial charge is 0.497 e. The van der Waals surface area contributed by atoms with Crippen LogP contribution < -0.4 is 19.5 Å². The molecular weight excluding hydrogens is 358 g/mol. The van der Waals surface area contributed by atoms with Gasteiger partial charge in [0.05, 0.1) is 14.2 Å². The molecule has 3 rings (SSSR count). The van der Waals surface area contributed by atoms with Crippen molar-refractivity contribution in [3.8, 4) is 17.5 Å². The van der Waals surface area contributed by atoms with Crippen molar-refractivity contribution in [3.63, 3.8) is 0 Å². The van der Waals surface area contributed by atoms with E-state index in [4.69, 9.17) is 14.2 Å². The maximum Gasteiger partial charge on any atom is 0.278 e. The predicted molar refractivity (Wildman–Crippen MR) is 105 cm³/mol. The van der Waals surface area contributed by atoms with Crippen LogP contribution in [0, 0.1) is 0 Å². The highest BCUT2D eigenvalue weighted by Gasteiger charge is 2.25. The fraction of sp³-hybridized carbons (Fsp3) is 0.476. The number of nitrogens with one attached hydrogen (secondary N) is 1. The highest BCUT2D eigenvalue weighted by atomic mass is 16.5. The summed E-state index contributed by atoms with van der Waals surface area (Å²) in [7, 11) is 3.20. The van der Waals surface area contributed by atoms with Crippen molar-refractivity contribution in [1.82, 2.24) is 15.3 Å². The van der Waals surface area contributed by atoms with Gasteiger partial charge in [-0.15, -0.1) is 0 Å². The molecule has 1 amide bonds. The van der Waals surface area contributed by atoms with E-state index in [1.807, 2.05) is 24.3 Å². The summed E-state index contributed by atoms with van der Waals surface area (Å²) in [5, 5.41) is 3.15. The maximum absolute atomic E-state index is 12.3. The number of benzene rings is 1. The van der Waals surface area contributed by atoms with E-state index in [0.29, 0.717) is 18.2 Å². The Labute approximate surface area is 165 Å². The minimum absolute atomic E-state index is 0.0676. The molecule has 0 atom stereocenters. The molecular formula is C21H27N3O4. The van der Waals surface area contributed by atoms with Crippen molar-refractivity contribution in [2.24, 2.45) is 0 Å². The van der Waals surface area contributed by atoms with E-state index in [9.17, 15) is 4.79 Å². The van der Waals surface area contributed by atoms with E-state index in [-0.39, 0.29) is 18.1 Å². The van der Waals surface area contributed by atoms with E-state index in [1.165, 1.54) is 0 Å². The van der Waals surface area contributed by atoms with Crippen LogP contribution >= 0.6 is 0 Å². The van der Waals surface area contributed by atoms with Crippen LogP contribution in [0.4, 0.5) is 0 Å². The summed E-state index contributed by atoms with van der Waals surface area (Å²) < 4.78 is 16.3. The Balaban J connectivity index is 1.39. The number of carbonyl (C=O) groups excluding carboxylic acids is 1. The van der Waals surface area contributed by atoms with Crippen molar-refractivity contribution in [1.29, 1.82) is 0 Å². The monoisotopic (exact) mass is 385 g/mol. The standard InChI is InChI=1S/C21H27N3O4/c1-26-17-8-3-15(4-9-17)5-12-19(25)24-16-6-10-18(11-7-16)28-21-20(27-2)22-13-14-23-21/h3-4,8-9,13-14,16,18H,5-7,10-12H2,1-2H3,(H,24,25). The molecule has 0 unspecified atom stereocenters. The molecule has 150 valence electrons. The van der Waals surface area contributed by atoms with Crippen molar-refractivity contribution in [3.05, 3.63) is 42.2 Å². The van der Waals surface area contributed by atoms with E-state index >= 15 is 0 Å². The lowest BCUT2D eigenvalue weighted by Gasteiger charge is -2.29. The van der Waals surface area contributed by atoms with Crippen LogP contribution in [0.25, 0.3) is 0 Å². The minimum Gasteiger partial charge on any atom is -0.497 e. The van der Waals surface area contributed by atoms with Crippen LogP contribution in [0.3, 0.4) is 0 Å². The molecule has 1 aliphatic carbocycles. The van der Waals surface area contributed by atoms with Gasteiger partial charge in [-0.2, -0.15) is 0 Å². The molecule has 1 fully saturated rings. The van der Waals surface area contributed by atoms with Crippen molar-refractivity contribution >= 4 is 5.91 Å². The number of aromatic nitrogens is 2. The molecule has 0 aliphatic heterocycles. The van der Waals surface area contributed by atoms with Gasteiger partial charge in [0, 0.05) is 24.9 Å². The van der Waals surface area contributed by atoms with Gasteiger partial charge in [0.2, 0.25) is 5.91 Å². The number of nitrogens with zero attached hydrogens (tertiary/aromatic N) is 2. The average molecular weight is 385 g/mol. The summed E-state index contributed by atoms with van der Waals surface area (Å²) in [6.45, 7) is 0. The first kappa shape index (κ1) is 19.9. The number of rotatable bonds is 8. The van der Waals surface area contributed by atoms with Gasteiger partial charge in [-0.1, -0.05) is 12.1 Å². The fourth-order valence-electron chi connectivity index (χ4n) is 3.37. The molecule has 0 bridgehead atoms. The molecule has 0 radical (unpaired) electrons. The maximum atomic E-state index is 12.3. The number of hydrogen-bond donors (Lipinski definition) is 1. The lowest BCUT2D eigenvalue weighted by atomic mass is 9.92. The zero-order valence-corrected chi connectivity index (χ0v) is 16.4. The van der Waals surface area contributed by atoms with Gasteiger partial charge >= 0.3 is 0 Å². The van der Waals surface area contributed by atoms with Crippen LogP contribution in [0.15, 0.2) is 36.7 Å². The highest BCUT2D eigenvalue weighted by Crippen LogP contribution is 2.27. The van der Waals surface area contributed by atoms with Gasteiger partial charge in [0.1, 0.15) is 11.9 Å². The lowest BCUT2D eigenvalue weighted by Crippen LogP contribution is -2.39. The topological polar surface area (TPSA) is 82.6 Å². The third kappa shape index (κ3) is 5.58. The number of carbonyl (C=O) groups is 1. The second-order valence-corrected chi connectivity index (χ2v) is 6.88. The molecule has 2 aromatic rings. The Morgan fingerprint density at radius 1 is 1.00 bits per heavy atom. The summed E-state index contributed by atoms with van der Waals surface area (Å²) in [6, 6.07) is 8.03. The van der Waals surface area contributed by atoms with E-state index in [2.05, 4.69) is 15.3 Å². The van der Waals surface area contributed by atoms with Gasteiger partial charge in [-0.3, -0.25) is 4.79 Å². The number of methoxy groups -OCH3 is 2. The Morgan fingerprint density at radius 3 is 2.32 bits per heavy atom. The zero-order chi connectivity index (χ0) is 19.8. The van der Waals surface area contributed by atoms with Crippen molar-refractivity contribution in [2.45, 2.75) is 50.7 Å². The summed E-state index contributed by atoms with van der Waals surface area (Å²) in [6.07, 6.45) is 7.95. The second kappa shape index (κ2) is 9.92. The second-order valence-electron chi connectivity index (χ2n) is 6.88. The number of ether oxygens (including phenoxy) is 3. The molecule has 1 N–H and O–H groups in total. The fourth-order valence-corrected chi connectivity index (χ4v) is 3.37. The summed E-state index contributed by atoms with van der Waals surface area (Å²) >= 11 is 0. The predicted octanol–water partition coefficient (Wildman–Crippen LogP) is 2.93. The zero-order valence-electron chi connectivity index (χ0n) is 16.4. The Hall–Kier alpha value is -2.83. The molecule has 7 heteroatoms. The summed E-state index contributed by atoms with van der Waals surface area (Å²) in [5.74, 6) is 1.75. The van der Waals surface area contributed by atoms with E-state index < -0.39 is 0 Å². The molecule has 0 spiro atoms. The molecule has 1 saturated carbocycles. The van der Waals surface area contributed by atoms with Crippen molar-refractivity contribution in [2.75, 3.05) is 14.2 Å². The SMILES string of the molecule is COc1ccc(CCC(=O)NC2CCC(Oc3nccnc3OC)CC2)cc1. The van der Waals surface area contributed by atoms with Gasteiger partial charge in [-0.25, -0.2) is 9.97 Å². The van der Waals surface area contributed by atoms with Gasteiger partial charge in [-0.05, 0) is 49.8 Å². The first-order valence-electron chi connectivity index (χ1n) is 9.62. The number of aryl methyl sites for hydroxylation is 1. The van der Waals surface area contributed by atoms with Crippen LogP contribution in [-0.2, 0) is 11.2 Å². The average Bonchev–Trinajstić information content (AvgIpc) is 2.74. The molecule has 0 saturated heterocycles. The first-order valence-corrected chi connectivity index (χ1v) is 9.62. The Kier molecular flexibility index (Phi) is 7.06. The molecule has 28 heavy (non-hydrogen) atoms. The number of amides is 1. The first-order chi connectivity index (χ1) is 13.7. The third-order valence-electron chi connectivity index (χ3n) is 4.94. The van der Waals surface area contributed by atoms with Gasteiger partial charge < -0.3 is 19.5 Å². The van der Waals surface area contributed by atoms with Crippen LogP contribution in [0.1, 0.15) is 37.7 Å². The minimum atomic E-state index is 0.0676. The molecule has 7 nitrogen and oxygen atoms in total.